The van der Waals surface area contributed by atoms with Gasteiger partial charge in [0.1, 0.15) is 16.7 Å². The summed E-state index contributed by atoms with van der Waals surface area (Å²) in [6.07, 6.45) is 0. The fourth-order valence-corrected chi connectivity index (χ4v) is 1.57. The number of nitriles is 1. The number of rotatable bonds is 2. The zero-order valence-electron chi connectivity index (χ0n) is 8.82. The van der Waals surface area contributed by atoms with E-state index in [-0.39, 0.29) is 21.8 Å². The molecule has 0 bridgehead atoms. The van der Waals surface area contributed by atoms with E-state index in [0.717, 1.165) is 6.07 Å². The first-order valence-electron chi connectivity index (χ1n) is 4.79. The van der Waals surface area contributed by atoms with Crippen molar-refractivity contribution < 1.29 is 9.13 Å². The summed E-state index contributed by atoms with van der Waals surface area (Å²) in [4.78, 5) is 3.87. The minimum absolute atomic E-state index is 0.000817. The van der Waals surface area contributed by atoms with Crippen LogP contribution in [0.25, 0.3) is 0 Å². The Kier molecular flexibility index (Phi) is 3.66. The quantitative estimate of drug-likeness (QED) is 0.776. The molecule has 0 spiro atoms. The average Bonchev–Trinajstić information content (AvgIpc) is 2.33. The highest BCUT2D eigenvalue weighted by Gasteiger charge is 2.06. The van der Waals surface area contributed by atoms with Gasteiger partial charge in [-0.05, 0) is 18.2 Å². The van der Waals surface area contributed by atoms with E-state index in [9.17, 15) is 4.39 Å². The molecule has 0 aliphatic heterocycles. The molecule has 0 unspecified atom stereocenters. The number of nitrogens with zero attached hydrogens (tertiary/aromatic N) is 2. The number of halogens is 3. The summed E-state index contributed by atoms with van der Waals surface area (Å²) >= 11 is 11.3. The molecular weight excluding hydrogens is 278 g/mol. The van der Waals surface area contributed by atoms with Gasteiger partial charge in [0.15, 0.2) is 0 Å². The van der Waals surface area contributed by atoms with Crippen molar-refractivity contribution in [3.8, 4) is 17.7 Å². The molecule has 0 atom stereocenters. The van der Waals surface area contributed by atoms with Crippen molar-refractivity contribution in [2.75, 3.05) is 0 Å². The Balaban J connectivity index is 2.31. The van der Waals surface area contributed by atoms with Gasteiger partial charge in [-0.2, -0.15) is 5.26 Å². The number of pyridine rings is 1. The first kappa shape index (κ1) is 12.6. The lowest BCUT2D eigenvalue weighted by molar-refractivity contribution is 0.458. The summed E-state index contributed by atoms with van der Waals surface area (Å²) in [5.41, 5.74) is 0.305. The van der Waals surface area contributed by atoms with Crippen LogP contribution < -0.4 is 4.74 Å². The maximum atomic E-state index is 13.2. The first-order valence-corrected chi connectivity index (χ1v) is 5.54. The predicted molar refractivity (Wildman–Crippen MR) is 65.4 cm³/mol. The highest BCUT2D eigenvalue weighted by Crippen LogP contribution is 2.25. The van der Waals surface area contributed by atoms with Gasteiger partial charge in [-0.1, -0.05) is 23.2 Å². The van der Waals surface area contributed by atoms with E-state index in [4.69, 9.17) is 33.2 Å². The van der Waals surface area contributed by atoms with Crippen molar-refractivity contribution >= 4 is 23.2 Å². The molecule has 3 nitrogen and oxygen atoms in total. The standard InChI is InChI=1S/C12H5Cl2FN2O/c13-9-2-1-8(5-10(9)15)18-12-4-7(6-16)3-11(14)17-12/h1-5H. The van der Waals surface area contributed by atoms with Gasteiger partial charge in [-0.3, -0.25) is 0 Å². The molecule has 1 aromatic heterocycles. The van der Waals surface area contributed by atoms with E-state index in [0.29, 0.717) is 5.56 Å². The first-order chi connectivity index (χ1) is 8.58. The second kappa shape index (κ2) is 5.21. The molecule has 2 aromatic rings. The molecule has 0 radical (unpaired) electrons. The van der Waals surface area contributed by atoms with Crippen LogP contribution in [0.3, 0.4) is 0 Å². The van der Waals surface area contributed by atoms with Crippen LogP contribution in [0.2, 0.25) is 10.2 Å². The molecule has 0 aliphatic rings. The molecule has 0 amide bonds. The summed E-state index contributed by atoms with van der Waals surface area (Å²) in [7, 11) is 0. The van der Waals surface area contributed by atoms with Gasteiger partial charge >= 0.3 is 0 Å². The Labute approximate surface area is 112 Å². The van der Waals surface area contributed by atoms with Crippen LogP contribution in [0, 0.1) is 17.1 Å². The van der Waals surface area contributed by atoms with E-state index in [1.165, 1.54) is 24.3 Å². The number of ether oxygens (including phenoxy) is 1. The monoisotopic (exact) mass is 282 g/mol. The molecule has 0 N–H and O–H groups in total. The molecule has 0 saturated carbocycles. The zero-order chi connectivity index (χ0) is 13.1. The summed E-state index contributed by atoms with van der Waals surface area (Å²) in [5.74, 6) is -0.270. The highest BCUT2D eigenvalue weighted by atomic mass is 35.5. The van der Waals surface area contributed by atoms with Crippen LogP contribution in [0.4, 0.5) is 4.39 Å². The fraction of sp³-hybridized carbons (Fsp3) is 0. The van der Waals surface area contributed by atoms with E-state index in [1.54, 1.807) is 0 Å². The Bertz CT molecular complexity index is 640. The predicted octanol–water partition coefficient (Wildman–Crippen LogP) is 4.19. The maximum Gasteiger partial charge on any atom is 0.221 e. The van der Waals surface area contributed by atoms with Crippen molar-refractivity contribution in [3.63, 3.8) is 0 Å². The van der Waals surface area contributed by atoms with E-state index in [1.807, 2.05) is 6.07 Å². The number of aromatic nitrogens is 1. The van der Waals surface area contributed by atoms with Gasteiger partial charge in [0.05, 0.1) is 16.7 Å². The summed E-state index contributed by atoms with van der Waals surface area (Å²) in [5, 5.41) is 8.89. The molecule has 0 aliphatic carbocycles. The van der Waals surface area contributed by atoms with E-state index < -0.39 is 5.82 Å². The van der Waals surface area contributed by atoms with Crippen molar-refractivity contribution in [2.24, 2.45) is 0 Å². The van der Waals surface area contributed by atoms with Gasteiger partial charge in [0.25, 0.3) is 0 Å². The van der Waals surface area contributed by atoms with Crippen LogP contribution >= 0.6 is 23.2 Å². The van der Waals surface area contributed by atoms with Crippen LogP contribution in [-0.4, -0.2) is 4.98 Å². The second-order valence-electron chi connectivity index (χ2n) is 3.31. The SMILES string of the molecule is N#Cc1cc(Cl)nc(Oc2ccc(Cl)c(F)c2)c1. The van der Waals surface area contributed by atoms with Gasteiger partial charge in [0.2, 0.25) is 5.88 Å². The van der Waals surface area contributed by atoms with Crippen LogP contribution in [0.5, 0.6) is 11.6 Å². The maximum absolute atomic E-state index is 13.2. The molecule has 1 aromatic carbocycles. The van der Waals surface area contributed by atoms with Crippen molar-refractivity contribution in [1.29, 1.82) is 5.26 Å². The Morgan fingerprint density at radius 2 is 2.00 bits per heavy atom. The molecule has 90 valence electrons. The zero-order valence-corrected chi connectivity index (χ0v) is 10.3. The van der Waals surface area contributed by atoms with Crippen molar-refractivity contribution in [3.05, 3.63) is 51.9 Å². The van der Waals surface area contributed by atoms with Crippen LogP contribution in [0.15, 0.2) is 30.3 Å². The molecule has 18 heavy (non-hydrogen) atoms. The Hall–Kier alpha value is -1.83. The minimum atomic E-state index is -0.600. The smallest absolute Gasteiger partial charge is 0.221 e. The Morgan fingerprint density at radius 1 is 1.22 bits per heavy atom. The fourth-order valence-electron chi connectivity index (χ4n) is 1.25. The van der Waals surface area contributed by atoms with Crippen LogP contribution in [-0.2, 0) is 0 Å². The molecule has 0 fully saturated rings. The lowest BCUT2D eigenvalue weighted by Crippen LogP contribution is -1.90. The topological polar surface area (TPSA) is 45.9 Å². The molecule has 1 heterocycles. The van der Waals surface area contributed by atoms with Gasteiger partial charge < -0.3 is 4.74 Å². The molecule has 6 heteroatoms. The number of hydrogen-bond donors (Lipinski definition) is 0. The third-order valence-corrected chi connectivity index (χ3v) is 2.51. The molecule has 2 rings (SSSR count). The number of hydrogen-bond acceptors (Lipinski definition) is 3. The summed E-state index contributed by atoms with van der Waals surface area (Å²) in [6.45, 7) is 0. The summed E-state index contributed by atoms with van der Waals surface area (Å²) < 4.78 is 18.5. The third kappa shape index (κ3) is 2.89. The average molecular weight is 283 g/mol. The van der Waals surface area contributed by atoms with Crippen molar-refractivity contribution in [2.45, 2.75) is 0 Å². The van der Waals surface area contributed by atoms with E-state index >= 15 is 0 Å². The largest absolute Gasteiger partial charge is 0.439 e. The summed E-state index contributed by atoms with van der Waals surface area (Å²) in [6, 6.07) is 8.69. The van der Waals surface area contributed by atoms with Gasteiger partial charge in [-0.15, -0.1) is 0 Å². The molecular formula is C12H5Cl2FN2O. The third-order valence-electron chi connectivity index (χ3n) is 2.01. The number of benzene rings is 1. The lowest BCUT2D eigenvalue weighted by atomic mass is 10.3. The minimum Gasteiger partial charge on any atom is -0.439 e. The second-order valence-corrected chi connectivity index (χ2v) is 4.10. The van der Waals surface area contributed by atoms with E-state index in [2.05, 4.69) is 4.98 Å². The molecule has 0 saturated heterocycles. The lowest BCUT2D eigenvalue weighted by Gasteiger charge is -2.05. The van der Waals surface area contributed by atoms with Crippen molar-refractivity contribution in [1.82, 2.24) is 4.98 Å². The van der Waals surface area contributed by atoms with Crippen LogP contribution in [0.1, 0.15) is 5.56 Å². The normalized spacial score (nSPS) is 9.89. The van der Waals surface area contributed by atoms with Gasteiger partial charge in [-0.25, -0.2) is 9.37 Å². The Morgan fingerprint density at radius 3 is 2.67 bits per heavy atom. The van der Waals surface area contributed by atoms with Gasteiger partial charge in [0, 0.05) is 12.1 Å². The highest BCUT2D eigenvalue weighted by molar-refractivity contribution is 6.30.